The molecule has 0 aliphatic carbocycles. The molecule has 2 heterocycles. The van der Waals surface area contributed by atoms with Crippen LogP contribution in [0.5, 0.6) is 0 Å². The number of carbonyl (C=O) groups is 1. The summed E-state index contributed by atoms with van der Waals surface area (Å²) in [6, 6.07) is 11.0. The minimum atomic E-state index is -0.361. The number of esters is 1. The molecule has 2 aliphatic heterocycles. The number of aliphatic hydroxyl groups is 1. The molecular formula is C26H42BrNO3. The van der Waals surface area contributed by atoms with Crippen molar-refractivity contribution in [2.75, 3.05) is 20.2 Å². The van der Waals surface area contributed by atoms with Crippen LogP contribution in [-0.4, -0.2) is 53.9 Å². The molecule has 2 aliphatic rings. The van der Waals surface area contributed by atoms with Gasteiger partial charge >= 0.3 is 5.97 Å². The highest BCUT2D eigenvalue weighted by Gasteiger charge is 2.52. The standard InChI is InChI=1S/C26H42NO3.BrH/c1-3-4-5-6-7-11-17-27(2)22-14-15-23(27)20-24(19-22)30-26(29)25(16-18-28)21-12-9-8-10-13-21;/h8-10,12-13,22-25,28H,3-7,11,14-20H2,1-2H3;1H/q+1;/p-1. The molecule has 2 saturated heterocycles. The molecule has 2 fully saturated rings. The van der Waals surface area contributed by atoms with Crippen molar-refractivity contribution < 1.29 is 36.1 Å². The average Bonchev–Trinajstić information content (AvgIpc) is 2.92. The minimum Gasteiger partial charge on any atom is -1.00 e. The number of quaternary nitrogens is 1. The first kappa shape index (κ1) is 26.3. The van der Waals surface area contributed by atoms with Gasteiger partial charge in [0.15, 0.2) is 0 Å². The van der Waals surface area contributed by atoms with Crippen LogP contribution in [0.25, 0.3) is 0 Å². The van der Waals surface area contributed by atoms with Crippen molar-refractivity contribution in [1.29, 1.82) is 0 Å². The second-order valence-corrected chi connectivity index (χ2v) is 9.73. The topological polar surface area (TPSA) is 46.5 Å². The van der Waals surface area contributed by atoms with E-state index < -0.39 is 0 Å². The van der Waals surface area contributed by atoms with Crippen LogP contribution in [0.4, 0.5) is 0 Å². The fourth-order valence-electron chi connectivity index (χ4n) is 5.87. The highest BCUT2D eigenvalue weighted by molar-refractivity contribution is 5.78. The minimum absolute atomic E-state index is 0. The van der Waals surface area contributed by atoms with Gasteiger partial charge in [-0.25, -0.2) is 0 Å². The number of hydrogen-bond acceptors (Lipinski definition) is 3. The summed E-state index contributed by atoms with van der Waals surface area (Å²) >= 11 is 0. The van der Waals surface area contributed by atoms with Gasteiger partial charge in [-0.3, -0.25) is 4.79 Å². The molecule has 3 unspecified atom stereocenters. The zero-order valence-electron chi connectivity index (χ0n) is 19.5. The van der Waals surface area contributed by atoms with Crippen LogP contribution in [-0.2, 0) is 9.53 Å². The number of aliphatic hydroxyl groups excluding tert-OH is 1. The van der Waals surface area contributed by atoms with Gasteiger partial charge in [0.2, 0.25) is 0 Å². The first-order valence-electron chi connectivity index (χ1n) is 12.3. The van der Waals surface area contributed by atoms with Crippen molar-refractivity contribution in [3.8, 4) is 0 Å². The first-order valence-corrected chi connectivity index (χ1v) is 12.3. The van der Waals surface area contributed by atoms with Crippen LogP contribution < -0.4 is 17.0 Å². The molecule has 3 rings (SSSR count). The summed E-state index contributed by atoms with van der Waals surface area (Å²) in [5.74, 6) is -0.522. The second kappa shape index (κ2) is 13.0. The van der Waals surface area contributed by atoms with Gasteiger partial charge in [0.1, 0.15) is 6.10 Å². The lowest BCUT2D eigenvalue weighted by Gasteiger charge is -2.47. The number of unbranched alkanes of at least 4 members (excludes halogenated alkanes) is 5. The molecule has 0 amide bonds. The van der Waals surface area contributed by atoms with Crippen LogP contribution in [0.3, 0.4) is 0 Å². The van der Waals surface area contributed by atoms with Crippen molar-refractivity contribution in [3.05, 3.63) is 35.9 Å². The Morgan fingerprint density at radius 3 is 2.29 bits per heavy atom. The number of ether oxygens (including phenoxy) is 1. The lowest BCUT2D eigenvalue weighted by molar-refractivity contribution is -0.949. The number of carbonyl (C=O) groups excluding carboxylic acids is 1. The number of nitrogens with zero attached hydrogens (tertiary/aromatic N) is 1. The van der Waals surface area contributed by atoms with Crippen LogP contribution in [0, 0.1) is 0 Å². The Labute approximate surface area is 199 Å². The molecule has 4 nitrogen and oxygen atoms in total. The summed E-state index contributed by atoms with van der Waals surface area (Å²) in [6.45, 7) is 3.55. The normalized spacial score (nSPS) is 28.0. The predicted octanol–water partition coefficient (Wildman–Crippen LogP) is 2.20. The van der Waals surface area contributed by atoms with E-state index in [0.29, 0.717) is 18.5 Å². The average molecular weight is 497 g/mol. The zero-order chi connectivity index (χ0) is 21.4. The maximum absolute atomic E-state index is 13.0. The van der Waals surface area contributed by atoms with Gasteiger partial charge in [-0.15, -0.1) is 0 Å². The van der Waals surface area contributed by atoms with E-state index >= 15 is 0 Å². The summed E-state index contributed by atoms with van der Waals surface area (Å²) in [4.78, 5) is 13.0. The SMILES string of the molecule is CCCCCCCC[N+]1(C)C2CCC1CC(OC(=O)C(CCO)c1ccccc1)C2.[Br-]. The number of piperidine rings is 1. The highest BCUT2D eigenvalue weighted by atomic mass is 79.9. The summed E-state index contributed by atoms with van der Waals surface area (Å²) in [5, 5.41) is 9.46. The molecule has 31 heavy (non-hydrogen) atoms. The summed E-state index contributed by atoms with van der Waals surface area (Å²) in [7, 11) is 2.45. The van der Waals surface area contributed by atoms with Crippen molar-refractivity contribution in [3.63, 3.8) is 0 Å². The summed E-state index contributed by atoms with van der Waals surface area (Å²) in [6.07, 6.45) is 13.1. The number of rotatable bonds is 12. The smallest absolute Gasteiger partial charge is 0.313 e. The van der Waals surface area contributed by atoms with Crippen LogP contribution in [0.1, 0.15) is 89.0 Å². The number of benzene rings is 1. The Hall–Kier alpha value is -0.910. The summed E-state index contributed by atoms with van der Waals surface area (Å²) in [5.41, 5.74) is 0.944. The van der Waals surface area contributed by atoms with Gasteiger partial charge in [0.25, 0.3) is 0 Å². The van der Waals surface area contributed by atoms with Gasteiger partial charge in [-0.2, -0.15) is 0 Å². The predicted molar refractivity (Wildman–Crippen MR) is 121 cm³/mol. The molecule has 1 N–H and O–H groups in total. The van der Waals surface area contributed by atoms with E-state index in [-0.39, 0.29) is 41.6 Å². The molecule has 1 aromatic carbocycles. The lowest BCUT2D eigenvalue weighted by atomic mass is 9.94. The Morgan fingerprint density at radius 2 is 1.68 bits per heavy atom. The van der Waals surface area contributed by atoms with E-state index in [2.05, 4.69) is 14.0 Å². The maximum atomic E-state index is 13.0. The van der Waals surface area contributed by atoms with E-state index in [4.69, 9.17) is 4.74 Å². The van der Waals surface area contributed by atoms with E-state index in [1.165, 1.54) is 62.4 Å². The monoisotopic (exact) mass is 495 g/mol. The van der Waals surface area contributed by atoms with Gasteiger partial charge in [0.05, 0.1) is 31.6 Å². The summed E-state index contributed by atoms with van der Waals surface area (Å²) < 4.78 is 7.24. The van der Waals surface area contributed by atoms with Gasteiger partial charge in [-0.1, -0.05) is 62.9 Å². The van der Waals surface area contributed by atoms with Crippen molar-refractivity contribution in [1.82, 2.24) is 0 Å². The van der Waals surface area contributed by atoms with Crippen molar-refractivity contribution in [2.24, 2.45) is 0 Å². The molecule has 2 bridgehead atoms. The molecule has 0 spiro atoms. The highest BCUT2D eigenvalue weighted by Crippen LogP contribution is 2.43. The first-order chi connectivity index (χ1) is 14.6. The molecule has 5 heteroatoms. The third-order valence-electron chi connectivity index (χ3n) is 7.75. The molecule has 0 saturated carbocycles. The number of hydrogen-bond donors (Lipinski definition) is 1. The van der Waals surface area contributed by atoms with Gasteiger partial charge < -0.3 is 31.3 Å². The largest absolute Gasteiger partial charge is 1.00 e. The number of halogens is 1. The van der Waals surface area contributed by atoms with Crippen molar-refractivity contribution in [2.45, 2.75) is 102 Å². The Bertz CT molecular complexity index is 639. The Balaban J connectivity index is 0.00000341. The van der Waals surface area contributed by atoms with Crippen LogP contribution in [0.2, 0.25) is 0 Å². The van der Waals surface area contributed by atoms with Gasteiger partial charge in [0, 0.05) is 32.3 Å². The second-order valence-electron chi connectivity index (χ2n) is 9.73. The molecule has 1 aromatic rings. The molecule has 0 radical (unpaired) electrons. The quantitative estimate of drug-likeness (QED) is 0.274. The maximum Gasteiger partial charge on any atom is 0.313 e. The molecule has 0 aromatic heterocycles. The van der Waals surface area contributed by atoms with Crippen LogP contribution in [0.15, 0.2) is 30.3 Å². The van der Waals surface area contributed by atoms with Crippen molar-refractivity contribution >= 4 is 5.97 Å². The zero-order valence-corrected chi connectivity index (χ0v) is 21.1. The fraction of sp³-hybridized carbons (Fsp3) is 0.731. The molecule has 176 valence electrons. The van der Waals surface area contributed by atoms with Crippen LogP contribution >= 0.6 is 0 Å². The Morgan fingerprint density at radius 1 is 1.06 bits per heavy atom. The van der Waals surface area contributed by atoms with E-state index in [9.17, 15) is 9.90 Å². The van der Waals surface area contributed by atoms with E-state index in [1.807, 2.05) is 30.3 Å². The fourth-order valence-corrected chi connectivity index (χ4v) is 5.87. The Kier molecular flexibility index (Phi) is 11.0. The number of fused-ring (bicyclic) bond motifs is 2. The lowest BCUT2D eigenvalue weighted by Crippen LogP contribution is -3.00. The molecule has 3 atom stereocenters. The van der Waals surface area contributed by atoms with E-state index in [0.717, 1.165) is 18.4 Å². The third kappa shape index (κ3) is 6.79. The van der Waals surface area contributed by atoms with Gasteiger partial charge in [-0.05, 0) is 24.8 Å². The molecular weight excluding hydrogens is 454 g/mol. The van der Waals surface area contributed by atoms with E-state index in [1.54, 1.807) is 0 Å². The third-order valence-corrected chi connectivity index (χ3v) is 7.75.